The number of fused-ring (bicyclic) bond motifs is 3. The molecule has 0 aliphatic carbocycles. The van der Waals surface area contributed by atoms with Crippen molar-refractivity contribution in [1.29, 1.82) is 0 Å². The van der Waals surface area contributed by atoms with Crippen LogP contribution < -0.4 is 0 Å². The van der Waals surface area contributed by atoms with Gasteiger partial charge in [-0.3, -0.25) is 0 Å². The first-order valence-electron chi connectivity index (χ1n) is 4.72. The van der Waals surface area contributed by atoms with Gasteiger partial charge in [-0.15, -0.1) is 0 Å². The van der Waals surface area contributed by atoms with E-state index >= 15 is 0 Å². The molecule has 0 spiro atoms. The summed E-state index contributed by atoms with van der Waals surface area (Å²) in [7, 11) is 0. The Bertz CT molecular complexity index is 683. The molecule has 1 heterocycles. The fourth-order valence-electron chi connectivity index (χ4n) is 1.77. The minimum atomic E-state index is 0.454. The van der Waals surface area contributed by atoms with Gasteiger partial charge in [0.2, 0.25) is 0 Å². The summed E-state index contributed by atoms with van der Waals surface area (Å²) in [5.41, 5.74) is 1.32. The van der Waals surface area contributed by atoms with E-state index in [0.29, 0.717) is 31.3 Å². The van der Waals surface area contributed by atoms with E-state index in [1.807, 2.05) is 0 Å². The van der Waals surface area contributed by atoms with Crippen molar-refractivity contribution in [2.45, 2.75) is 0 Å². The van der Waals surface area contributed by atoms with Crippen LogP contribution in [0.2, 0.25) is 20.1 Å². The monoisotopic (exact) mass is 310 g/mol. The molecular weight excluding hydrogens is 308 g/mol. The lowest BCUT2D eigenvalue weighted by atomic mass is 10.3. The van der Waals surface area contributed by atoms with Crippen LogP contribution in [-0.4, -0.2) is 0 Å². The van der Waals surface area contributed by atoms with Gasteiger partial charge in [-0.05, 0) is 12.1 Å². The van der Waals surface area contributed by atoms with Gasteiger partial charge in [-0.2, -0.15) is 0 Å². The Morgan fingerprint density at radius 3 is 1.35 bits per heavy atom. The largest absolute Gasteiger partial charge is 0.456 e. The first-order chi connectivity index (χ1) is 8.06. The van der Waals surface area contributed by atoms with Crippen LogP contribution in [0, 0.1) is 0 Å². The topological polar surface area (TPSA) is 13.1 Å². The van der Waals surface area contributed by atoms with Crippen molar-refractivity contribution in [3.8, 4) is 0 Å². The van der Waals surface area contributed by atoms with E-state index in [-0.39, 0.29) is 0 Å². The predicted molar refractivity (Wildman–Crippen MR) is 73.8 cm³/mol. The molecule has 3 rings (SSSR count). The normalized spacial score (nSPS) is 11.5. The average Bonchev–Trinajstić information content (AvgIpc) is 2.58. The van der Waals surface area contributed by atoms with Crippen LogP contribution in [0.1, 0.15) is 0 Å². The van der Waals surface area contributed by atoms with Crippen molar-refractivity contribution in [3.63, 3.8) is 0 Å². The van der Waals surface area contributed by atoms with Crippen molar-refractivity contribution in [2.75, 3.05) is 0 Å². The molecule has 0 bridgehead atoms. The Hall–Kier alpha value is -0.600. The molecule has 0 amide bonds. The van der Waals surface area contributed by atoms with Gasteiger partial charge < -0.3 is 4.42 Å². The second-order valence-corrected chi connectivity index (χ2v) is 5.26. The SMILES string of the molecule is Clc1cc2o[13c]3[13cH][13c](Cl)[13c](Cl)[13cH][13c]3c2cc1Cl. The number of halogens is 4. The van der Waals surface area contributed by atoms with Gasteiger partial charge in [0.25, 0.3) is 0 Å². The van der Waals surface area contributed by atoms with Gasteiger partial charge in [0.15, 0.2) is 0 Å². The molecule has 1 nitrogen and oxygen atoms in total. The third kappa shape index (κ3) is 1.78. The van der Waals surface area contributed by atoms with Crippen molar-refractivity contribution >= 4 is 68.3 Å². The lowest BCUT2D eigenvalue weighted by molar-refractivity contribution is 0.669. The van der Waals surface area contributed by atoms with Gasteiger partial charge in [-0.25, -0.2) is 0 Å². The highest BCUT2D eigenvalue weighted by Gasteiger charge is 2.12. The second-order valence-electron chi connectivity index (χ2n) is 3.63. The maximum Gasteiger partial charge on any atom is 0.137 e. The molecule has 0 atom stereocenters. The smallest absolute Gasteiger partial charge is 0.137 e. The van der Waals surface area contributed by atoms with Gasteiger partial charge in [0.05, 0.1) is 20.1 Å². The molecule has 86 valence electrons. The number of hydrogen-bond acceptors (Lipinski definition) is 1. The minimum absolute atomic E-state index is 0.454. The fraction of sp³-hybridized carbons (Fsp3) is 0. The van der Waals surface area contributed by atoms with E-state index in [0.717, 1.165) is 10.8 Å². The summed E-state index contributed by atoms with van der Waals surface area (Å²) in [6, 6.07) is 6.88. The highest BCUT2D eigenvalue weighted by Crippen LogP contribution is 2.37. The zero-order valence-electron chi connectivity index (χ0n) is 8.23. The molecule has 0 N–H and O–H groups in total. The fourth-order valence-corrected chi connectivity index (χ4v) is 2.40. The third-order valence-electron chi connectivity index (χ3n) is 2.56. The first-order valence-corrected chi connectivity index (χ1v) is 6.24. The van der Waals surface area contributed by atoms with E-state index in [1.54, 1.807) is 24.3 Å². The van der Waals surface area contributed by atoms with Crippen molar-refractivity contribution < 1.29 is 4.42 Å². The number of hydrogen-bond donors (Lipinski definition) is 0. The Morgan fingerprint density at radius 1 is 0.588 bits per heavy atom. The molecule has 0 saturated heterocycles. The third-order valence-corrected chi connectivity index (χ3v) is 4.00. The summed E-state index contributed by atoms with van der Waals surface area (Å²) in [4.78, 5) is 0. The zero-order valence-corrected chi connectivity index (χ0v) is 11.3. The van der Waals surface area contributed by atoms with Crippen LogP contribution in [0.3, 0.4) is 0 Å². The molecule has 0 aliphatic heterocycles. The van der Waals surface area contributed by atoms with Crippen molar-refractivity contribution in [2.24, 2.45) is 0 Å². The Labute approximate surface area is 117 Å². The first kappa shape index (κ1) is 11.5. The van der Waals surface area contributed by atoms with Gasteiger partial charge in [0.1, 0.15) is 11.2 Å². The van der Waals surface area contributed by atoms with Crippen LogP contribution in [0.25, 0.3) is 21.9 Å². The summed E-state index contributed by atoms with van der Waals surface area (Å²) >= 11 is 23.8. The van der Waals surface area contributed by atoms with E-state index in [2.05, 4.69) is 0 Å². The molecule has 0 unspecified atom stereocenters. The quantitative estimate of drug-likeness (QED) is 0.482. The van der Waals surface area contributed by atoms with Crippen molar-refractivity contribution in [3.05, 3.63) is 44.4 Å². The minimum Gasteiger partial charge on any atom is -0.456 e. The van der Waals surface area contributed by atoms with E-state index in [1.165, 1.54) is 0 Å². The molecule has 3 aromatic rings. The highest BCUT2D eigenvalue weighted by atomic mass is 35.5. The number of benzene rings is 2. The molecule has 5 heteroatoms. The molecule has 0 radical (unpaired) electrons. The molecule has 0 saturated carbocycles. The lowest BCUT2D eigenvalue weighted by Crippen LogP contribution is -1.71. The molecular formula is C12H4Cl4O. The Morgan fingerprint density at radius 2 is 0.941 bits per heavy atom. The summed E-state index contributed by atoms with van der Waals surface area (Å²) in [5.74, 6) is 0. The van der Waals surface area contributed by atoms with E-state index < -0.39 is 0 Å². The van der Waals surface area contributed by atoms with Gasteiger partial charge in [0, 0.05) is 22.9 Å². The summed E-state index contributed by atoms with van der Waals surface area (Å²) in [5, 5.41) is 3.60. The molecule has 0 fully saturated rings. The maximum atomic E-state index is 5.98. The zero-order chi connectivity index (χ0) is 12.2. The highest BCUT2D eigenvalue weighted by molar-refractivity contribution is 6.44. The van der Waals surface area contributed by atoms with Crippen molar-refractivity contribution in [1.82, 2.24) is 0 Å². The lowest BCUT2D eigenvalue weighted by Gasteiger charge is -1.95. The second kappa shape index (κ2) is 3.96. The Kier molecular flexibility index (Phi) is 2.68. The standard InChI is InChI=1S/C12H4Cl4O/c13-7-1-5-6-2-8(14)10(16)4-12(6)17-11(5)3-9(7)15/h1-4H/i1+1,3+1,5+1,7+1,9+1,11+1. The summed E-state index contributed by atoms with van der Waals surface area (Å²) < 4.78 is 5.64. The summed E-state index contributed by atoms with van der Waals surface area (Å²) in [6.07, 6.45) is 0. The molecule has 2 aromatic carbocycles. The number of rotatable bonds is 0. The van der Waals surface area contributed by atoms with Crippen LogP contribution in [-0.2, 0) is 0 Å². The van der Waals surface area contributed by atoms with Crippen LogP contribution in [0.5, 0.6) is 0 Å². The van der Waals surface area contributed by atoms with E-state index in [4.69, 9.17) is 50.8 Å². The molecule has 1 aromatic heterocycles. The number of furan rings is 1. The Balaban J connectivity index is 2.51. The van der Waals surface area contributed by atoms with Gasteiger partial charge >= 0.3 is 0 Å². The average molecular weight is 312 g/mol. The maximum absolute atomic E-state index is 5.98. The van der Waals surface area contributed by atoms with Crippen LogP contribution in [0.15, 0.2) is 28.7 Å². The van der Waals surface area contributed by atoms with Crippen LogP contribution in [0.4, 0.5) is 0 Å². The van der Waals surface area contributed by atoms with Crippen LogP contribution >= 0.6 is 46.4 Å². The molecule has 17 heavy (non-hydrogen) atoms. The molecule has 0 aliphatic rings. The predicted octanol–water partition coefficient (Wildman–Crippen LogP) is 6.20. The van der Waals surface area contributed by atoms with E-state index in [9.17, 15) is 0 Å². The van der Waals surface area contributed by atoms with Gasteiger partial charge in [-0.1, -0.05) is 46.4 Å². The summed E-state index contributed by atoms with van der Waals surface area (Å²) in [6.45, 7) is 0.